The van der Waals surface area contributed by atoms with Crippen LogP contribution >= 0.6 is 7.92 Å². The summed E-state index contributed by atoms with van der Waals surface area (Å²) in [7, 11) is 2.92. The summed E-state index contributed by atoms with van der Waals surface area (Å²) < 4.78 is 12.6. The van der Waals surface area contributed by atoms with Gasteiger partial charge < -0.3 is 19.4 Å². The second-order valence-corrected chi connectivity index (χ2v) is 10.1. The fraction of sp³-hybridized carbons (Fsp3) is 0.320. The largest absolute Gasteiger partial charge is 0.497 e. The first kappa shape index (κ1) is 23.0. The van der Waals surface area contributed by atoms with Crippen molar-refractivity contribution in [2.75, 3.05) is 32.4 Å². The summed E-state index contributed by atoms with van der Waals surface area (Å²) in [5.74, 6) is 2.48. The van der Waals surface area contributed by atoms with Gasteiger partial charge in [0.2, 0.25) is 0 Å². The Hall–Kier alpha value is -3.18. The third-order valence-corrected chi connectivity index (χ3v) is 7.48. The molecule has 0 amide bonds. The minimum atomic E-state index is -0.433. The number of imidazole rings is 1. The van der Waals surface area contributed by atoms with Gasteiger partial charge in [-0.25, -0.2) is 15.0 Å². The molecular weight excluding hydrogens is 433 g/mol. The van der Waals surface area contributed by atoms with E-state index in [9.17, 15) is 0 Å². The minimum absolute atomic E-state index is 0.433. The number of hydrogen-bond donors (Lipinski definition) is 1. The van der Waals surface area contributed by atoms with Crippen molar-refractivity contribution in [3.63, 3.8) is 0 Å². The fourth-order valence-corrected chi connectivity index (χ4v) is 5.04. The van der Waals surface area contributed by atoms with Crippen molar-refractivity contribution in [1.29, 1.82) is 0 Å². The van der Waals surface area contributed by atoms with Gasteiger partial charge in [-0.05, 0) is 56.1 Å². The molecule has 0 aliphatic rings. The zero-order chi connectivity index (χ0) is 23.2. The molecule has 0 radical (unpaired) electrons. The van der Waals surface area contributed by atoms with Gasteiger partial charge in [0.15, 0.2) is 17.0 Å². The van der Waals surface area contributed by atoms with Crippen molar-refractivity contribution in [3.05, 3.63) is 66.0 Å². The average Bonchev–Trinajstić information content (AvgIpc) is 3.26. The first-order valence-corrected chi connectivity index (χ1v) is 13.0. The van der Waals surface area contributed by atoms with Crippen molar-refractivity contribution >= 4 is 30.5 Å². The molecule has 4 aromatic rings. The van der Waals surface area contributed by atoms with E-state index in [0.29, 0.717) is 13.1 Å². The Morgan fingerprint density at radius 1 is 0.909 bits per heavy atom. The molecule has 7 nitrogen and oxygen atoms in total. The SMILES string of the molecule is CCCP(C)c1nc(NCc2ccc(OC)cc2)c2ncn(Cc3ccc(OC)cc3)c2n1. The number of methoxy groups -OCH3 is 2. The summed E-state index contributed by atoms with van der Waals surface area (Å²) in [5.41, 5.74) is 4.87. The van der Waals surface area contributed by atoms with Crippen molar-refractivity contribution < 1.29 is 9.47 Å². The van der Waals surface area contributed by atoms with E-state index < -0.39 is 7.92 Å². The van der Waals surface area contributed by atoms with Crippen LogP contribution in [0.2, 0.25) is 0 Å². The lowest BCUT2D eigenvalue weighted by atomic mass is 10.2. The number of fused-ring (bicyclic) bond motifs is 1. The number of rotatable bonds is 10. The maximum atomic E-state index is 5.28. The zero-order valence-electron chi connectivity index (χ0n) is 19.6. The quantitative estimate of drug-likeness (QED) is 0.345. The Morgan fingerprint density at radius 2 is 1.55 bits per heavy atom. The van der Waals surface area contributed by atoms with Gasteiger partial charge in [-0.3, -0.25) is 0 Å². The molecule has 1 N–H and O–H groups in total. The molecule has 2 heterocycles. The van der Waals surface area contributed by atoms with E-state index in [0.717, 1.165) is 57.8 Å². The standard InChI is InChI=1S/C25H30N5O2P/c1-5-14-33(4)25-28-23(26-15-18-6-10-20(31-2)11-7-18)22-24(29-25)30(17-27-22)16-19-8-12-21(32-3)13-9-19/h6-13,17H,5,14-16H2,1-4H3,(H,26,28,29). The number of anilines is 1. The highest BCUT2D eigenvalue weighted by Crippen LogP contribution is 2.30. The summed E-state index contributed by atoms with van der Waals surface area (Å²) in [6, 6.07) is 16.1. The summed E-state index contributed by atoms with van der Waals surface area (Å²) in [4.78, 5) is 14.5. The molecule has 0 aliphatic carbocycles. The highest BCUT2D eigenvalue weighted by Gasteiger charge is 2.17. The molecule has 33 heavy (non-hydrogen) atoms. The number of nitrogens with zero attached hydrogens (tertiary/aromatic N) is 4. The summed E-state index contributed by atoms with van der Waals surface area (Å²) in [6.45, 7) is 5.78. The van der Waals surface area contributed by atoms with Gasteiger partial charge in [-0.2, -0.15) is 0 Å². The lowest BCUT2D eigenvalue weighted by Gasteiger charge is -2.14. The molecule has 0 saturated heterocycles. The van der Waals surface area contributed by atoms with Gasteiger partial charge in [-0.1, -0.05) is 37.6 Å². The molecule has 8 heteroatoms. The number of aromatic nitrogens is 4. The highest BCUT2D eigenvalue weighted by atomic mass is 31.1. The molecule has 4 rings (SSSR count). The molecule has 0 saturated carbocycles. The third-order valence-electron chi connectivity index (χ3n) is 5.48. The van der Waals surface area contributed by atoms with Crippen LogP contribution in [0.15, 0.2) is 54.9 Å². The maximum absolute atomic E-state index is 5.28. The maximum Gasteiger partial charge on any atom is 0.166 e. The smallest absolute Gasteiger partial charge is 0.166 e. The zero-order valence-corrected chi connectivity index (χ0v) is 20.5. The van der Waals surface area contributed by atoms with Gasteiger partial charge in [0.25, 0.3) is 0 Å². The first-order valence-electron chi connectivity index (χ1n) is 11.0. The van der Waals surface area contributed by atoms with Crippen molar-refractivity contribution in [3.8, 4) is 11.5 Å². The molecular formula is C25H30N5O2P. The van der Waals surface area contributed by atoms with Crippen LogP contribution in [0.5, 0.6) is 11.5 Å². The molecule has 2 aromatic heterocycles. The third kappa shape index (κ3) is 5.42. The van der Waals surface area contributed by atoms with Crippen molar-refractivity contribution in [2.24, 2.45) is 0 Å². The monoisotopic (exact) mass is 463 g/mol. The van der Waals surface area contributed by atoms with Gasteiger partial charge >= 0.3 is 0 Å². The predicted molar refractivity (Wildman–Crippen MR) is 135 cm³/mol. The highest BCUT2D eigenvalue weighted by molar-refractivity contribution is 7.64. The molecule has 2 aromatic carbocycles. The van der Waals surface area contributed by atoms with Crippen LogP contribution in [0.1, 0.15) is 24.5 Å². The second kappa shape index (κ2) is 10.6. The second-order valence-electron chi connectivity index (χ2n) is 7.89. The summed E-state index contributed by atoms with van der Waals surface area (Å²) in [6.07, 6.45) is 4.07. The van der Waals surface area contributed by atoms with E-state index in [1.54, 1.807) is 14.2 Å². The van der Waals surface area contributed by atoms with Gasteiger partial charge in [0.1, 0.15) is 17.0 Å². The number of hydrogen-bond acceptors (Lipinski definition) is 6. The number of benzene rings is 2. The van der Waals surface area contributed by atoms with Crippen LogP contribution in [-0.4, -0.2) is 46.6 Å². The van der Waals surface area contributed by atoms with Crippen LogP contribution in [-0.2, 0) is 13.1 Å². The van der Waals surface area contributed by atoms with E-state index in [-0.39, 0.29) is 0 Å². The van der Waals surface area contributed by atoms with Crippen LogP contribution in [0.4, 0.5) is 5.82 Å². The lowest BCUT2D eigenvalue weighted by molar-refractivity contribution is 0.414. The Morgan fingerprint density at radius 3 is 2.15 bits per heavy atom. The van der Waals surface area contributed by atoms with Crippen LogP contribution in [0.3, 0.4) is 0 Å². The molecule has 0 bridgehead atoms. The van der Waals surface area contributed by atoms with Crippen LogP contribution in [0, 0.1) is 0 Å². The minimum Gasteiger partial charge on any atom is -0.497 e. The molecule has 1 unspecified atom stereocenters. The molecule has 0 aliphatic heterocycles. The Balaban J connectivity index is 1.65. The van der Waals surface area contributed by atoms with Crippen molar-refractivity contribution in [1.82, 2.24) is 19.5 Å². The number of nitrogens with one attached hydrogen (secondary N) is 1. The molecule has 1 atom stereocenters. The number of ether oxygens (including phenoxy) is 2. The predicted octanol–water partition coefficient (Wildman–Crippen LogP) is 4.65. The topological polar surface area (TPSA) is 74.1 Å². The van der Waals surface area contributed by atoms with Crippen molar-refractivity contribution in [2.45, 2.75) is 26.4 Å². The van der Waals surface area contributed by atoms with Gasteiger partial charge in [0.05, 0.1) is 27.1 Å². The Kier molecular flexibility index (Phi) is 7.40. The van der Waals surface area contributed by atoms with Crippen LogP contribution in [0.25, 0.3) is 11.2 Å². The van der Waals surface area contributed by atoms with E-state index in [4.69, 9.17) is 19.4 Å². The molecule has 0 spiro atoms. The normalized spacial score (nSPS) is 12.0. The Labute approximate surface area is 196 Å². The fourth-order valence-electron chi connectivity index (χ4n) is 3.63. The molecule has 0 fully saturated rings. The average molecular weight is 464 g/mol. The Bertz CT molecular complexity index is 1190. The van der Waals surface area contributed by atoms with Crippen LogP contribution < -0.4 is 20.4 Å². The van der Waals surface area contributed by atoms with Gasteiger partial charge in [0, 0.05) is 6.54 Å². The summed E-state index contributed by atoms with van der Waals surface area (Å²) in [5, 5.41) is 3.50. The van der Waals surface area contributed by atoms with E-state index >= 15 is 0 Å². The molecule has 172 valence electrons. The summed E-state index contributed by atoms with van der Waals surface area (Å²) >= 11 is 0. The van der Waals surface area contributed by atoms with E-state index in [1.165, 1.54) is 0 Å². The first-order chi connectivity index (χ1) is 16.1. The van der Waals surface area contributed by atoms with Gasteiger partial charge in [-0.15, -0.1) is 0 Å². The van der Waals surface area contributed by atoms with E-state index in [1.807, 2.05) is 30.6 Å². The lowest BCUT2D eigenvalue weighted by Crippen LogP contribution is -2.17. The van der Waals surface area contributed by atoms with E-state index in [2.05, 4.69) is 52.7 Å².